The number of rotatable bonds is 7. The van der Waals surface area contributed by atoms with E-state index in [1.165, 1.54) is 11.8 Å². The summed E-state index contributed by atoms with van der Waals surface area (Å²) in [5.41, 5.74) is 3.08. The van der Waals surface area contributed by atoms with Crippen molar-refractivity contribution < 1.29 is 0 Å². The van der Waals surface area contributed by atoms with Crippen molar-refractivity contribution in [1.29, 1.82) is 10.8 Å². The zero-order chi connectivity index (χ0) is 12.7. The van der Waals surface area contributed by atoms with E-state index in [2.05, 4.69) is 30.8 Å². The summed E-state index contributed by atoms with van der Waals surface area (Å²) >= 11 is 0. The number of nitrogens with one attached hydrogen (secondary N) is 2. The molecule has 1 atom stereocenters. The van der Waals surface area contributed by atoms with E-state index in [9.17, 15) is 0 Å². The molecule has 2 heteroatoms. The van der Waals surface area contributed by atoms with Crippen molar-refractivity contribution in [2.45, 2.75) is 32.1 Å². The predicted molar refractivity (Wildman–Crippen MR) is 75.3 cm³/mol. The van der Waals surface area contributed by atoms with Crippen LogP contribution in [0.5, 0.6) is 0 Å². The highest BCUT2D eigenvalue weighted by molar-refractivity contribution is 5.78. The van der Waals surface area contributed by atoms with Crippen molar-refractivity contribution in [2.24, 2.45) is 0 Å². The highest BCUT2D eigenvalue weighted by Gasteiger charge is 2.10. The van der Waals surface area contributed by atoms with Crippen LogP contribution in [0.15, 0.2) is 30.8 Å². The van der Waals surface area contributed by atoms with E-state index >= 15 is 0 Å². The molecular formula is C15H20N2. The molecule has 0 aromatic heterocycles. The van der Waals surface area contributed by atoms with Gasteiger partial charge in [0.05, 0.1) is 0 Å². The standard InChI is InChI=1S/C15H20N2/c1-3-13-5-8-14(9-6-13)15(10-11-16)7-4-12(2)17/h3,5-6,8-9,11,15-17H,1,4,7,10H2,2H3. The lowest BCUT2D eigenvalue weighted by Crippen LogP contribution is -2.02. The van der Waals surface area contributed by atoms with Gasteiger partial charge >= 0.3 is 0 Å². The predicted octanol–water partition coefficient (Wildman–Crippen LogP) is 4.27. The Morgan fingerprint density at radius 3 is 2.47 bits per heavy atom. The molecule has 0 aliphatic carbocycles. The van der Waals surface area contributed by atoms with E-state index in [-0.39, 0.29) is 0 Å². The number of hydrogen-bond acceptors (Lipinski definition) is 2. The van der Waals surface area contributed by atoms with E-state index in [0.717, 1.165) is 24.8 Å². The Kier molecular flexibility index (Phi) is 5.34. The maximum Gasteiger partial charge on any atom is 0.00584 e. The van der Waals surface area contributed by atoms with Gasteiger partial charge in [0.1, 0.15) is 0 Å². The fourth-order valence-corrected chi connectivity index (χ4v) is 1.86. The summed E-state index contributed by atoms with van der Waals surface area (Å²) in [5, 5.41) is 14.7. The molecule has 1 aromatic rings. The molecule has 0 aliphatic rings. The molecule has 0 heterocycles. The van der Waals surface area contributed by atoms with Gasteiger partial charge in [-0.25, -0.2) is 0 Å². The molecule has 0 spiro atoms. The fraction of sp³-hybridized carbons (Fsp3) is 0.333. The second-order valence-electron chi connectivity index (χ2n) is 4.33. The van der Waals surface area contributed by atoms with E-state index in [0.29, 0.717) is 11.6 Å². The van der Waals surface area contributed by atoms with Gasteiger partial charge in [0.2, 0.25) is 0 Å². The highest BCUT2D eigenvalue weighted by Crippen LogP contribution is 2.24. The molecule has 0 saturated carbocycles. The maximum atomic E-state index is 7.48. The Balaban J connectivity index is 2.76. The van der Waals surface area contributed by atoms with Crippen LogP contribution in [0.1, 0.15) is 43.2 Å². The topological polar surface area (TPSA) is 47.7 Å². The van der Waals surface area contributed by atoms with Gasteiger partial charge in [-0.15, -0.1) is 0 Å². The summed E-state index contributed by atoms with van der Waals surface area (Å²) in [4.78, 5) is 0. The minimum atomic E-state index is 0.353. The van der Waals surface area contributed by atoms with Crippen LogP contribution in [-0.4, -0.2) is 11.9 Å². The summed E-state index contributed by atoms with van der Waals surface area (Å²) in [5.74, 6) is 0.353. The average Bonchev–Trinajstić information content (AvgIpc) is 2.34. The van der Waals surface area contributed by atoms with Gasteiger partial charge in [0.15, 0.2) is 0 Å². The van der Waals surface area contributed by atoms with Crippen molar-refractivity contribution >= 4 is 18.0 Å². The molecule has 0 radical (unpaired) electrons. The van der Waals surface area contributed by atoms with Crippen molar-refractivity contribution in [3.63, 3.8) is 0 Å². The van der Waals surface area contributed by atoms with E-state index in [1.54, 1.807) is 0 Å². The Labute approximate surface area is 103 Å². The van der Waals surface area contributed by atoms with Crippen molar-refractivity contribution in [1.82, 2.24) is 0 Å². The second-order valence-corrected chi connectivity index (χ2v) is 4.33. The Hall–Kier alpha value is -1.70. The van der Waals surface area contributed by atoms with Gasteiger partial charge in [-0.05, 0) is 49.4 Å². The Morgan fingerprint density at radius 2 is 2.00 bits per heavy atom. The van der Waals surface area contributed by atoms with E-state index < -0.39 is 0 Å². The molecule has 0 bridgehead atoms. The molecule has 0 aliphatic heterocycles. The fourth-order valence-electron chi connectivity index (χ4n) is 1.86. The van der Waals surface area contributed by atoms with Gasteiger partial charge in [-0.1, -0.05) is 36.9 Å². The summed E-state index contributed by atoms with van der Waals surface area (Å²) in [7, 11) is 0. The van der Waals surface area contributed by atoms with Crippen molar-refractivity contribution in [2.75, 3.05) is 0 Å². The first-order valence-electron chi connectivity index (χ1n) is 5.92. The summed E-state index contributed by atoms with van der Waals surface area (Å²) in [6, 6.07) is 8.31. The molecular weight excluding hydrogens is 208 g/mol. The average molecular weight is 228 g/mol. The highest BCUT2D eigenvalue weighted by atomic mass is 14.4. The lowest BCUT2D eigenvalue weighted by Gasteiger charge is -2.15. The molecule has 2 nitrogen and oxygen atoms in total. The number of benzene rings is 1. The molecule has 0 amide bonds. The third-order valence-electron chi connectivity index (χ3n) is 2.91. The zero-order valence-electron chi connectivity index (χ0n) is 10.4. The maximum absolute atomic E-state index is 7.48. The lowest BCUT2D eigenvalue weighted by molar-refractivity contribution is 0.668. The van der Waals surface area contributed by atoms with Crippen LogP contribution < -0.4 is 0 Å². The van der Waals surface area contributed by atoms with Crippen LogP contribution in [0.4, 0.5) is 0 Å². The minimum Gasteiger partial charge on any atom is -0.313 e. The van der Waals surface area contributed by atoms with Crippen LogP contribution >= 0.6 is 0 Å². The van der Waals surface area contributed by atoms with Crippen LogP contribution in [0, 0.1) is 10.8 Å². The van der Waals surface area contributed by atoms with Crippen LogP contribution in [-0.2, 0) is 0 Å². The molecule has 2 N–H and O–H groups in total. The summed E-state index contributed by atoms with van der Waals surface area (Å²) in [6.45, 7) is 5.57. The lowest BCUT2D eigenvalue weighted by atomic mass is 9.90. The Morgan fingerprint density at radius 1 is 1.35 bits per heavy atom. The first-order valence-corrected chi connectivity index (χ1v) is 5.92. The largest absolute Gasteiger partial charge is 0.313 e. The zero-order valence-corrected chi connectivity index (χ0v) is 10.4. The van der Waals surface area contributed by atoms with Gasteiger partial charge in [0, 0.05) is 5.71 Å². The van der Waals surface area contributed by atoms with Crippen LogP contribution in [0.25, 0.3) is 6.08 Å². The third-order valence-corrected chi connectivity index (χ3v) is 2.91. The van der Waals surface area contributed by atoms with Gasteiger partial charge in [-0.2, -0.15) is 0 Å². The first kappa shape index (κ1) is 13.4. The van der Waals surface area contributed by atoms with Crippen molar-refractivity contribution in [3.05, 3.63) is 42.0 Å². The van der Waals surface area contributed by atoms with E-state index in [4.69, 9.17) is 10.8 Å². The van der Waals surface area contributed by atoms with Crippen LogP contribution in [0.2, 0.25) is 0 Å². The minimum absolute atomic E-state index is 0.353. The second kappa shape index (κ2) is 6.79. The Bertz CT molecular complexity index is 390. The quantitative estimate of drug-likeness (QED) is 0.655. The van der Waals surface area contributed by atoms with E-state index in [1.807, 2.05) is 13.0 Å². The van der Waals surface area contributed by atoms with Crippen LogP contribution in [0.3, 0.4) is 0 Å². The van der Waals surface area contributed by atoms with Crippen molar-refractivity contribution in [3.8, 4) is 0 Å². The molecule has 17 heavy (non-hydrogen) atoms. The molecule has 90 valence electrons. The molecule has 1 aromatic carbocycles. The van der Waals surface area contributed by atoms with Gasteiger partial charge < -0.3 is 10.8 Å². The first-order chi connectivity index (χ1) is 8.17. The molecule has 1 unspecified atom stereocenters. The van der Waals surface area contributed by atoms with Gasteiger partial charge in [0.25, 0.3) is 0 Å². The monoisotopic (exact) mass is 228 g/mol. The van der Waals surface area contributed by atoms with Gasteiger partial charge in [-0.3, -0.25) is 0 Å². The smallest absolute Gasteiger partial charge is 0.00584 e. The molecule has 0 saturated heterocycles. The molecule has 1 rings (SSSR count). The summed E-state index contributed by atoms with van der Waals surface area (Å²) in [6.07, 6.45) is 5.79. The normalized spacial score (nSPS) is 11.8. The summed E-state index contributed by atoms with van der Waals surface area (Å²) < 4.78 is 0. The number of hydrogen-bond donors (Lipinski definition) is 2. The SMILES string of the molecule is C=Cc1ccc(C(CC=N)CCC(C)=N)cc1. The molecule has 0 fully saturated rings. The third kappa shape index (κ3) is 4.35.